The molecule has 0 aromatic heterocycles. The van der Waals surface area contributed by atoms with Crippen molar-refractivity contribution in [2.24, 2.45) is 5.73 Å². The van der Waals surface area contributed by atoms with E-state index in [-0.39, 0.29) is 10.8 Å². The Kier molecular flexibility index (Phi) is 4.17. The predicted molar refractivity (Wildman–Crippen MR) is 84.4 cm³/mol. The molecule has 0 saturated heterocycles. The predicted octanol–water partition coefficient (Wildman–Crippen LogP) is 4.27. The van der Waals surface area contributed by atoms with Gasteiger partial charge in [-0.2, -0.15) is 0 Å². The highest BCUT2D eigenvalue weighted by molar-refractivity contribution is 9.10. The molecule has 0 atom stereocenters. The molecule has 3 N–H and O–H groups in total. The van der Waals surface area contributed by atoms with E-state index in [1.54, 1.807) is 18.2 Å². The topological polar surface area (TPSA) is 38.0 Å². The molecule has 0 radical (unpaired) electrons. The maximum absolute atomic E-state index is 13.8. The number of thiocarbonyl (C=S) groups is 1. The quantitative estimate of drug-likeness (QED) is 0.820. The van der Waals surface area contributed by atoms with Gasteiger partial charge in [-0.25, -0.2) is 4.39 Å². The van der Waals surface area contributed by atoms with Gasteiger partial charge in [-0.05, 0) is 42.8 Å². The number of aryl methyl sites for hydroxylation is 1. The van der Waals surface area contributed by atoms with Gasteiger partial charge < -0.3 is 11.1 Å². The molecule has 2 aromatic carbocycles. The Morgan fingerprint density at radius 2 is 1.95 bits per heavy atom. The summed E-state index contributed by atoms with van der Waals surface area (Å²) < 4.78 is 14.6. The molecule has 0 aliphatic carbocycles. The third kappa shape index (κ3) is 3.30. The van der Waals surface area contributed by atoms with Crippen molar-refractivity contribution in [3.8, 4) is 0 Å². The smallest absolute Gasteiger partial charge is 0.146 e. The Bertz CT molecular complexity index is 643. The van der Waals surface area contributed by atoms with Crippen LogP contribution in [0, 0.1) is 12.7 Å². The fourth-order valence-electron chi connectivity index (χ4n) is 1.71. The molecule has 0 aliphatic heterocycles. The molecule has 2 nitrogen and oxygen atoms in total. The lowest BCUT2D eigenvalue weighted by Crippen LogP contribution is -2.12. The number of benzene rings is 2. The van der Waals surface area contributed by atoms with Crippen molar-refractivity contribution in [1.82, 2.24) is 0 Å². The van der Waals surface area contributed by atoms with Crippen molar-refractivity contribution >= 4 is 44.5 Å². The van der Waals surface area contributed by atoms with Crippen LogP contribution in [0.25, 0.3) is 0 Å². The first-order valence-electron chi connectivity index (χ1n) is 5.60. The Labute approximate surface area is 124 Å². The van der Waals surface area contributed by atoms with E-state index in [1.807, 2.05) is 19.1 Å². The summed E-state index contributed by atoms with van der Waals surface area (Å²) in [6.45, 7) is 1.90. The summed E-state index contributed by atoms with van der Waals surface area (Å²) in [6, 6.07) is 10.3. The van der Waals surface area contributed by atoms with Gasteiger partial charge in [0.25, 0.3) is 0 Å². The van der Waals surface area contributed by atoms with Crippen LogP contribution in [0.5, 0.6) is 0 Å². The first-order valence-corrected chi connectivity index (χ1v) is 6.80. The zero-order chi connectivity index (χ0) is 14.0. The Morgan fingerprint density at radius 1 is 1.21 bits per heavy atom. The van der Waals surface area contributed by atoms with Gasteiger partial charge in [0.05, 0.1) is 5.69 Å². The number of rotatable bonds is 3. The first-order chi connectivity index (χ1) is 8.97. The summed E-state index contributed by atoms with van der Waals surface area (Å²) in [6.07, 6.45) is 0. The summed E-state index contributed by atoms with van der Waals surface area (Å²) in [4.78, 5) is 0.267. The molecule has 19 heavy (non-hydrogen) atoms. The second-order valence-corrected chi connectivity index (χ2v) is 5.52. The lowest BCUT2D eigenvalue weighted by molar-refractivity contribution is 0.631. The molecule has 0 saturated carbocycles. The maximum atomic E-state index is 13.8. The van der Waals surface area contributed by atoms with Gasteiger partial charge in [0.15, 0.2) is 0 Å². The molecule has 0 fully saturated rings. The standard InChI is InChI=1S/C14H12BrFN2S/c1-8-2-5-11(16)13(6-8)18-12-7-9(15)3-4-10(12)14(17)19/h2-7,18H,1H3,(H2,17,19). The molecule has 0 spiro atoms. The van der Waals surface area contributed by atoms with E-state index in [4.69, 9.17) is 18.0 Å². The second-order valence-electron chi connectivity index (χ2n) is 4.16. The van der Waals surface area contributed by atoms with E-state index < -0.39 is 0 Å². The average molecular weight is 339 g/mol. The normalized spacial score (nSPS) is 10.3. The van der Waals surface area contributed by atoms with Gasteiger partial charge in [0.1, 0.15) is 10.8 Å². The van der Waals surface area contributed by atoms with Crippen LogP contribution in [0.15, 0.2) is 40.9 Å². The van der Waals surface area contributed by atoms with Crippen LogP contribution in [-0.2, 0) is 0 Å². The highest BCUT2D eigenvalue weighted by atomic mass is 79.9. The molecule has 5 heteroatoms. The minimum absolute atomic E-state index is 0.267. The number of anilines is 2. The SMILES string of the molecule is Cc1ccc(F)c(Nc2cc(Br)ccc2C(N)=S)c1. The van der Waals surface area contributed by atoms with Crippen molar-refractivity contribution in [2.45, 2.75) is 6.92 Å². The summed E-state index contributed by atoms with van der Waals surface area (Å²) >= 11 is 8.37. The van der Waals surface area contributed by atoms with Gasteiger partial charge in [0, 0.05) is 15.7 Å². The van der Waals surface area contributed by atoms with Crippen LogP contribution in [0.1, 0.15) is 11.1 Å². The van der Waals surface area contributed by atoms with Gasteiger partial charge in [-0.1, -0.05) is 34.2 Å². The molecular formula is C14H12BrFN2S. The zero-order valence-corrected chi connectivity index (χ0v) is 12.6. The monoisotopic (exact) mass is 338 g/mol. The molecule has 0 aliphatic rings. The third-order valence-electron chi connectivity index (χ3n) is 2.64. The van der Waals surface area contributed by atoms with Gasteiger partial charge in [-0.3, -0.25) is 0 Å². The van der Waals surface area contributed by atoms with Gasteiger partial charge in [-0.15, -0.1) is 0 Å². The highest BCUT2D eigenvalue weighted by Gasteiger charge is 2.09. The zero-order valence-electron chi connectivity index (χ0n) is 10.2. The summed E-state index contributed by atoms with van der Waals surface area (Å²) in [5.74, 6) is -0.320. The van der Waals surface area contributed by atoms with Crippen LogP contribution in [-0.4, -0.2) is 4.99 Å². The minimum Gasteiger partial charge on any atom is -0.389 e. The molecular weight excluding hydrogens is 327 g/mol. The van der Waals surface area contributed by atoms with Gasteiger partial charge >= 0.3 is 0 Å². The number of nitrogens with two attached hydrogens (primary N) is 1. The number of hydrogen-bond donors (Lipinski definition) is 2. The average Bonchev–Trinajstić information content (AvgIpc) is 2.33. The summed E-state index contributed by atoms with van der Waals surface area (Å²) in [5.41, 5.74) is 8.39. The number of nitrogens with one attached hydrogen (secondary N) is 1. The molecule has 0 heterocycles. The van der Waals surface area contributed by atoms with Crippen molar-refractivity contribution in [2.75, 3.05) is 5.32 Å². The van der Waals surface area contributed by atoms with E-state index in [1.165, 1.54) is 6.07 Å². The Morgan fingerprint density at radius 3 is 2.63 bits per heavy atom. The van der Waals surface area contributed by atoms with E-state index in [0.717, 1.165) is 10.0 Å². The van der Waals surface area contributed by atoms with E-state index in [0.29, 0.717) is 16.9 Å². The van der Waals surface area contributed by atoms with Crippen molar-refractivity contribution in [3.05, 3.63) is 57.8 Å². The number of hydrogen-bond acceptors (Lipinski definition) is 2. The minimum atomic E-state index is -0.320. The molecule has 0 bridgehead atoms. The number of halogens is 2. The van der Waals surface area contributed by atoms with E-state index in [2.05, 4.69) is 21.2 Å². The van der Waals surface area contributed by atoms with Crippen molar-refractivity contribution < 1.29 is 4.39 Å². The Hall–Kier alpha value is -1.46. The Balaban J connectivity index is 2.45. The maximum Gasteiger partial charge on any atom is 0.146 e. The van der Waals surface area contributed by atoms with Crippen LogP contribution in [0.4, 0.5) is 15.8 Å². The fourth-order valence-corrected chi connectivity index (χ4v) is 2.25. The first kappa shape index (κ1) is 14.0. The van der Waals surface area contributed by atoms with Crippen molar-refractivity contribution in [3.63, 3.8) is 0 Å². The second kappa shape index (κ2) is 5.67. The van der Waals surface area contributed by atoms with Crippen molar-refractivity contribution in [1.29, 1.82) is 0 Å². The largest absolute Gasteiger partial charge is 0.389 e. The van der Waals surface area contributed by atoms with Crippen LogP contribution in [0.2, 0.25) is 0 Å². The van der Waals surface area contributed by atoms with Crippen LogP contribution < -0.4 is 11.1 Å². The van der Waals surface area contributed by atoms with E-state index >= 15 is 0 Å². The van der Waals surface area contributed by atoms with Gasteiger partial charge in [0.2, 0.25) is 0 Å². The third-order valence-corrected chi connectivity index (χ3v) is 3.35. The van der Waals surface area contributed by atoms with Crippen LogP contribution >= 0.6 is 28.1 Å². The molecule has 98 valence electrons. The molecule has 0 amide bonds. The summed E-state index contributed by atoms with van der Waals surface area (Å²) in [7, 11) is 0. The summed E-state index contributed by atoms with van der Waals surface area (Å²) in [5, 5.41) is 3.03. The molecule has 2 aromatic rings. The molecule has 0 unspecified atom stereocenters. The van der Waals surface area contributed by atoms with E-state index in [9.17, 15) is 4.39 Å². The fraction of sp³-hybridized carbons (Fsp3) is 0.0714. The molecule has 2 rings (SSSR count). The lowest BCUT2D eigenvalue weighted by Gasteiger charge is -2.13. The highest BCUT2D eigenvalue weighted by Crippen LogP contribution is 2.27. The lowest BCUT2D eigenvalue weighted by atomic mass is 10.1. The van der Waals surface area contributed by atoms with Crippen LogP contribution in [0.3, 0.4) is 0 Å².